The van der Waals surface area contributed by atoms with E-state index in [1.807, 2.05) is 13.8 Å². The van der Waals surface area contributed by atoms with Gasteiger partial charge in [-0.25, -0.2) is 23.7 Å². The molecule has 0 spiro atoms. The number of hydrogen-bond donors (Lipinski definition) is 5. The first-order valence-electron chi connectivity index (χ1n) is 12.6. The summed E-state index contributed by atoms with van der Waals surface area (Å²) in [6.45, 7) is 5.93. The van der Waals surface area contributed by atoms with E-state index in [0.717, 1.165) is 25.7 Å². The van der Waals surface area contributed by atoms with Crippen LogP contribution in [0, 0.1) is 11.7 Å². The number of aliphatic hydroxyl groups is 2. The fraction of sp³-hybridized carbons (Fsp3) is 0.538. The summed E-state index contributed by atoms with van der Waals surface area (Å²) in [5.74, 6) is -0.721. The lowest BCUT2D eigenvalue weighted by Crippen LogP contribution is -2.42. The third-order valence-electron chi connectivity index (χ3n) is 6.97. The van der Waals surface area contributed by atoms with Gasteiger partial charge in [-0.1, -0.05) is 0 Å². The van der Waals surface area contributed by atoms with Gasteiger partial charge in [0.25, 0.3) is 5.91 Å². The van der Waals surface area contributed by atoms with Crippen molar-refractivity contribution in [1.82, 2.24) is 20.3 Å². The smallest absolute Gasteiger partial charge is 0.255 e. The number of aromatic nitrogens is 3. The highest BCUT2D eigenvalue weighted by molar-refractivity contribution is 7.16. The van der Waals surface area contributed by atoms with Crippen molar-refractivity contribution in [3.05, 3.63) is 35.2 Å². The van der Waals surface area contributed by atoms with Gasteiger partial charge < -0.3 is 26.2 Å². The van der Waals surface area contributed by atoms with Gasteiger partial charge in [0, 0.05) is 24.4 Å². The predicted octanol–water partition coefficient (Wildman–Crippen LogP) is 4.55. The van der Waals surface area contributed by atoms with E-state index in [4.69, 9.17) is 0 Å². The Morgan fingerprint density at radius 2 is 1.87 bits per heavy atom. The molecule has 9 nitrogen and oxygen atoms in total. The van der Waals surface area contributed by atoms with Crippen LogP contribution >= 0.6 is 11.3 Å². The normalized spacial score (nSPS) is 19.3. The van der Waals surface area contributed by atoms with Crippen LogP contribution in [0.1, 0.15) is 63.7 Å². The van der Waals surface area contributed by atoms with E-state index in [2.05, 4.69) is 30.9 Å². The van der Waals surface area contributed by atoms with E-state index in [1.54, 1.807) is 11.6 Å². The Balaban J connectivity index is 1.56. The standard InChI is InChI=1S/C26H34F2N6O3S/c1-25(2,36)14-5-7-15(8-6-14)32-18-10-21(33-22-17(27)9-19-24(34-22)38-13-31-19)29-11-16(18)23(35)30-12-20(28)26(3,4)37/h9-11,13-15,20,36-37H,5-8,12H2,1-4H3,(H,30,35)(H2,29,32,33,34)/t14?,15?,20-/m1/s1. The lowest BCUT2D eigenvalue weighted by atomic mass is 9.77. The molecular weight excluding hydrogens is 514 g/mol. The topological polar surface area (TPSA) is 132 Å². The molecule has 1 atom stereocenters. The van der Waals surface area contributed by atoms with Gasteiger partial charge in [-0.3, -0.25) is 4.79 Å². The fourth-order valence-corrected chi connectivity index (χ4v) is 5.14. The first-order valence-corrected chi connectivity index (χ1v) is 13.5. The molecule has 1 aliphatic carbocycles. The zero-order valence-electron chi connectivity index (χ0n) is 21.9. The molecule has 12 heteroatoms. The number of alkyl halides is 1. The number of carbonyl (C=O) groups excluding carboxylic acids is 1. The fourth-order valence-electron chi connectivity index (χ4n) is 4.50. The molecule has 1 amide bonds. The Kier molecular flexibility index (Phi) is 8.15. The van der Waals surface area contributed by atoms with Gasteiger partial charge in [0.05, 0.1) is 34.5 Å². The highest BCUT2D eigenvalue weighted by atomic mass is 32.1. The van der Waals surface area contributed by atoms with E-state index in [0.29, 0.717) is 16.0 Å². The summed E-state index contributed by atoms with van der Waals surface area (Å²) in [6.07, 6.45) is 2.87. The molecule has 1 aliphatic rings. The van der Waals surface area contributed by atoms with Crippen molar-refractivity contribution < 1.29 is 23.8 Å². The van der Waals surface area contributed by atoms with Crippen LogP contribution in [0.3, 0.4) is 0 Å². The Bertz CT molecular complexity index is 1280. The molecule has 1 saturated carbocycles. The Labute approximate surface area is 224 Å². The van der Waals surface area contributed by atoms with Crippen LogP contribution < -0.4 is 16.0 Å². The van der Waals surface area contributed by atoms with Crippen molar-refractivity contribution in [3.8, 4) is 0 Å². The Morgan fingerprint density at radius 3 is 2.53 bits per heavy atom. The summed E-state index contributed by atoms with van der Waals surface area (Å²) < 4.78 is 28.9. The molecule has 0 radical (unpaired) electrons. The number of fused-ring (bicyclic) bond motifs is 1. The van der Waals surface area contributed by atoms with Gasteiger partial charge in [0.2, 0.25) is 0 Å². The Hall–Kier alpha value is -2.96. The molecule has 1 fully saturated rings. The molecule has 0 unspecified atom stereocenters. The molecule has 5 N–H and O–H groups in total. The van der Waals surface area contributed by atoms with Crippen molar-refractivity contribution in [1.29, 1.82) is 0 Å². The molecule has 0 bridgehead atoms. The van der Waals surface area contributed by atoms with Gasteiger partial charge in [-0.2, -0.15) is 0 Å². The summed E-state index contributed by atoms with van der Waals surface area (Å²) in [7, 11) is 0. The van der Waals surface area contributed by atoms with Crippen molar-refractivity contribution >= 4 is 44.9 Å². The van der Waals surface area contributed by atoms with E-state index >= 15 is 0 Å². The molecule has 3 aromatic heterocycles. The number of halogens is 2. The number of rotatable bonds is 9. The number of nitrogens with zero attached hydrogens (tertiary/aromatic N) is 3. The summed E-state index contributed by atoms with van der Waals surface area (Å²) >= 11 is 1.28. The number of amides is 1. The highest BCUT2D eigenvalue weighted by Crippen LogP contribution is 2.34. The van der Waals surface area contributed by atoms with Gasteiger partial charge >= 0.3 is 0 Å². The van der Waals surface area contributed by atoms with Crippen molar-refractivity contribution in [2.45, 2.75) is 76.8 Å². The van der Waals surface area contributed by atoms with Crippen molar-refractivity contribution in [2.24, 2.45) is 5.92 Å². The third kappa shape index (κ3) is 6.72. The molecule has 3 aromatic rings. The number of thiazole rings is 1. The average molecular weight is 549 g/mol. The number of anilines is 3. The van der Waals surface area contributed by atoms with Crippen molar-refractivity contribution in [2.75, 3.05) is 17.2 Å². The number of carbonyl (C=O) groups is 1. The second-order valence-corrected chi connectivity index (χ2v) is 11.7. The third-order valence-corrected chi connectivity index (χ3v) is 7.70. The van der Waals surface area contributed by atoms with Crippen LogP contribution in [0.25, 0.3) is 10.3 Å². The molecular formula is C26H34F2N6O3S. The Morgan fingerprint density at radius 1 is 1.16 bits per heavy atom. The first kappa shape index (κ1) is 28.1. The van der Waals surface area contributed by atoms with Gasteiger partial charge in [0.15, 0.2) is 11.6 Å². The summed E-state index contributed by atoms with van der Waals surface area (Å²) in [6, 6.07) is 2.92. The summed E-state index contributed by atoms with van der Waals surface area (Å²) in [5.41, 5.74) is 0.318. The zero-order chi connectivity index (χ0) is 27.7. The van der Waals surface area contributed by atoms with E-state index in [9.17, 15) is 23.8 Å². The van der Waals surface area contributed by atoms with Crippen LogP contribution in [-0.4, -0.2) is 61.0 Å². The molecule has 0 aliphatic heterocycles. The summed E-state index contributed by atoms with van der Waals surface area (Å²) in [4.78, 5) is 26.2. The predicted molar refractivity (Wildman–Crippen MR) is 144 cm³/mol. The lowest BCUT2D eigenvalue weighted by molar-refractivity contribution is -0.00183. The molecule has 0 aromatic carbocycles. The van der Waals surface area contributed by atoms with Crippen molar-refractivity contribution in [3.63, 3.8) is 0 Å². The second kappa shape index (κ2) is 11.0. The number of nitrogens with one attached hydrogen (secondary N) is 3. The van der Waals surface area contributed by atoms with E-state index < -0.39 is 29.1 Å². The SMILES string of the molecule is CC(C)(O)C1CCC(Nc2cc(Nc3nc4scnc4cc3F)ncc2C(=O)NC[C@@H](F)C(C)(C)O)CC1. The van der Waals surface area contributed by atoms with Crippen LogP contribution in [-0.2, 0) is 0 Å². The first-order chi connectivity index (χ1) is 17.8. The van der Waals surface area contributed by atoms with Gasteiger partial charge in [-0.05, 0) is 59.3 Å². The van der Waals surface area contributed by atoms with Crippen LogP contribution in [0.5, 0.6) is 0 Å². The molecule has 38 heavy (non-hydrogen) atoms. The minimum Gasteiger partial charge on any atom is -0.390 e. The molecule has 3 heterocycles. The van der Waals surface area contributed by atoms with Crippen LogP contribution in [0.15, 0.2) is 23.8 Å². The minimum atomic E-state index is -1.66. The molecule has 206 valence electrons. The second-order valence-electron chi connectivity index (χ2n) is 10.9. The maximum absolute atomic E-state index is 14.6. The number of pyridine rings is 2. The average Bonchev–Trinajstić information content (AvgIpc) is 3.29. The zero-order valence-corrected chi connectivity index (χ0v) is 22.7. The van der Waals surface area contributed by atoms with E-state index in [1.165, 1.54) is 37.4 Å². The van der Waals surface area contributed by atoms with Crippen LogP contribution in [0.2, 0.25) is 0 Å². The van der Waals surface area contributed by atoms with E-state index in [-0.39, 0.29) is 35.7 Å². The van der Waals surface area contributed by atoms with Gasteiger partial charge in [0.1, 0.15) is 22.3 Å². The molecule has 4 rings (SSSR count). The minimum absolute atomic E-state index is 0.0199. The monoisotopic (exact) mass is 548 g/mol. The largest absolute Gasteiger partial charge is 0.390 e. The quantitative estimate of drug-likeness (QED) is 0.263. The maximum atomic E-state index is 14.6. The van der Waals surface area contributed by atoms with Gasteiger partial charge in [-0.15, -0.1) is 11.3 Å². The summed E-state index contributed by atoms with van der Waals surface area (Å²) in [5, 5.41) is 29.0. The maximum Gasteiger partial charge on any atom is 0.255 e. The molecule has 0 saturated heterocycles. The lowest BCUT2D eigenvalue weighted by Gasteiger charge is -2.36. The number of hydrogen-bond acceptors (Lipinski definition) is 9. The van der Waals surface area contributed by atoms with Crippen LogP contribution in [0.4, 0.5) is 26.1 Å². The highest BCUT2D eigenvalue weighted by Gasteiger charge is 2.32.